The molecule has 0 bridgehead atoms. The van der Waals surface area contributed by atoms with Gasteiger partial charge in [-0.1, -0.05) is 12.1 Å². The summed E-state index contributed by atoms with van der Waals surface area (Å²) in [4.78, 5) is 52.4. The summed E-state index contributed by atoms with van der Waals surface area (Å²) in [6, 6.07) is 12.6. The van der Waals surface area contributed by atoms with Gasteiger partial charge in [-0.25, -0.2) is 9.13 Å². The Balaban J connectivity index is 1.85. The Hall–Kier alpha value is -4.46. The maximum absolute atomic E-state index is 13.1. The van der Waals surface area contributed by atoms with Gasteiger partial charge in [0.25, 0.3) is 22.2 Å². The minimum absolute atomic E-state index is 0.0496. The van der Waals surface area contributed by atoms with Crippen LogP contribution in [0.1, 0.15) is 11.1 Å². The summed E-state index contributed by atoms with van der Waals surface area (Å²) >= 11 is 0. The van der Waals surface area contributed by atoms with Crippen molar-refractivity contribution >= 4 is 32.9 Å². The summed E-state index contributed by atoms with van der Waals surface area (Å²) in [6.07, 6.45) is 0. The number of rotatable bonds is 2. The Morgan fingerprint density at radius 1 is 0.531 bits per heavy atom. The van der Waals surface area contributed by atoms with Crippen LogP contribution in [-0.2, 0) is 0 Å². The first-order valence-electron chi connectivity index (χ1n) is 9.87. The lowest BCUT2D eigenvalue weighted by molar-refractivity contribution is 0.990. The highest BCUT2D eigenvalue weighted by Crippen LogP contribution is 2.22. The molecule has 0 atom stereocenters. The highest BCUT2D eigenvalue weighted by Gasteiger charge is 2.22. The zero-order chi connectivity index (χ0) is 22.9. The third-order valence-electron chi connectivity index (χ3n) is 5.74. The minimum atomic E-state index is -0.600. The summed E-state index contributed by atoms with van der Waals surface area (Å²) in [5, 5.41) is 0.199. The average Bonchev–Trinajstić information content (AvgIpc) is 3.12. The Labute approximate surface area is 180 Å². The summed E-state index contributed by atoms with van der Waals surface area (Å²) in [6.45, 7) is 3.69. The highest BCUT2D eigenvalue weighted by atomic mass is 16.2. The number of fused-ring (bicyclic) bond motifs is 2. The zero-order valence-corrected chi connectivity index (χ0v) is 17.3. The number of hydrogen-bond acceptors (Lipinski definition) is 6. The first kappa shape index (κ1) is 19.5. The monoisotopic (exact) mass is 426 g/mol. The molecule has 0 radical (unpaired) electrons. The number of aromatic nitrogens is 2. The number of nitrogen functional groups attached to an aromatic ring is 2. The van der Waals surface area contributed by atoms with Crippen LogP contribution in [0.3, 0.4) is 0 Å². The van der Waals surface area contributed by atoms with Crippen LogP contribution >= 0.6 is 0 Å². The van der Waals surface area contributed by atoms with Crippen molar-refractivity contribution in [1.82, 2.24) is 9.13 Å². The number of anilines is 2. The first-order chi connectivity index (χ1) is 15.2. The lowest BCUT2D eigenvalue weighted by atomic mass is 10.1. The van der Waals surface area contributed by atoms with E-state index in [-0.39, 0.29) is 44.3 Å². The SMILES string of the molecule is Cc1ccc(-n2c(=O)c3cc4c(=O)n(-c5ccc(C)cc5N)c(=O)c4cc3c2=O)c(N)c1. The number of nitrogens with zero attached hydrogens (tertiary/aromatic N) is 2. The van der Waals surface area contributed by atoms with Gasteiger partial charge in [-0.3, -0.25) is 19.2 Å². The summed E-state index contributed by atoms with van der Waals surface area (Å²) < 4.78 is 1.94. The molecule has 0 saturated carbocycles. The van der Waals surface area contributed by atoms with Gasteiger partial charge in [0.1, 0.15) is 0 Å². The normalized spacial score (nSPS) is 11.6. The van der Waals surface area contributed by atoms with Gasteiger partial charge in [0.05, 0.1) is 44.3 Å². The van der Waals surface area contributed by atoms with E-state index in [4.69, 9.17) is 11.5 Å². The Kier molecular flexibility index (Phi) is 3.97. The van der Waals surface area contributed by atoms with Crippen LogP contribution in [0.5, 0.6) is 0 Å². The van der Waals surface area contributed by atoms with Gasteiger partial charge in [0, 0.05) is 0 Å². The first-order valence-corrected chi connectivity index (χ1v) is 9.87. The van der Waals surface area contributed by atoms with E-state index in [1.807, 2.05) is 13.8 Å². The van der Waals surface area contributed by atoms with Crippen molar-refractivity contribution in [3.05, 3.63) is 101 Å². The van der Waals surface area contributed by atoms with Crippen molar-refractivity contribution in [2.45, 2.75) is 13.8 Å². The fourth-order valence-corrected chi connectivity index (χ4v) is 4.17. The lowest BCUT2D eigenvalue weighted by Gasteiger charge is -2.05. The van der Waals surface area contributed by atoms with Crippen molar-refractivity contribution in [3.63, 3.8) is 0 Å². The fourth-order valence-electron chi connectivity index (χ4n) is 4.17. The number of hydrogen-bond donors (Lipinski definition) is 2. The van der Waals surface area contributed by atoms with Crippen molar-refractivity contribution in [2.24, 2.45) is 0 Å². The Morgan fingerprint density at radius 2 is 0.844 bits per heavy atom. The molecular formula is C24H18N4O4. The number of benzene rings is 3. The molecule has 4 N–H and O–H groups in total. The van der Waals surface area contributed by atoms with Crippen molar-refractivity contribution in [2.75, 3.05) is 11.5 Å². The van der Waals surface area contributed by atoms with Gasteiger partial charge in [0.2, 0.25) is 0 Å². The van der Waals surface area contributed by atoms with Crippen LogP contribution in [0.4, 0.5) is 11.4 Å². The van der Waals surface area contributed by atoms with Crippen molar-refractivity contribution < 1.29 is 0 Å². The van der Waals surface area contributed by atoms with Crippen LogP contribution in [0.15, 0.2) is 67.7 Å². The van der Waals surface area contributed by atoms with E-state index in [9.17, 15) is 19.2 Å². The summed E-state index contributed by atoms with van der Waals surface area (Å²) in [5.74, 6) is 0. The van der Waals surface area contributed by atoms with Gasteiger partial charge in [-0.2, -0.15) is 0 Å². The molecule has 8 heteroatoms. The second kappa shape index (κ2) is 6.52. The molecule has 0 amide bonds. The summed E-state index contributed by atoms with van der Waals surface area (Å²) in [5.41, 5.74) is 12.5. The third kappa shape index (κ3) is 2.56. The largest absolute Gasteiger partial charge is 0.397 e. The van der Waals surface area contributed by atoms with Gasteiger partial charge in [0.15, 0.2) is 0 Å². The van der Waals surface area contributed by atoms with E-state index < -0.39 is 22.2 Å². The second-order valence-corrected chi connectivity index (χ2v) is 7.96. The molecule has 158 valence electrons. The third-order valence-corrected chi connectivity index (χ3v) is 5.74. The molecule has 2 aromatic heterocycles. The maximum atomic E-state index is 13.1. The summed E-state index contributed by atoms with van der Waals surface area (Å²) in [7, 11) is 0. The molecule has 0 unspecified atom stereocenters. The molecule has 0 aliphatic rings. The number of aryl methyl sites for hydroxylation is 2. The smallest absolute Gasteiger partial charge is 0.266 e. The average molecular weight is 426 g/mol. The van der Waals surface area contributed by atoms with Crippen molar-refractivity contribution in [1.29, 1.82) is 0 Å². The van der Waals surface area contributed by atoms with E-state index in [2.05, 4.69) is 0 Å². The van der Waals surface area contributed by atoms with Gasteiger partial charge in [-0.05, 0) is 61.4 Å². The van der Waals surface area contributed by atoms with E-state index in [0.717, 1.165) is 20.3 Å². The van der Waals surface area contributed by atoms with Crippen LogP contribution in [-0.4, -0.2) is 9.13 Å². The topological polar surface area (TPSA) is 130 Å². The molecule has 5 rings (SSSR count). The lowest BCUT2D eigenvalue weighted by Crippen LogP contribution is -2.25. The van der Waals surface area contributed by atoms with Gasteiger partial charge in [-0.15, -0.1) is 0 Å². The van der Waals surface area contributed by atoms with Crippen LogP contribution in [0.25, 0.3) is 32.9 Å². The molecule has 0 spiro atoms. The van der Waals surface area contributed by atoms with Gasteiger partial charge >= 0.3 is 0 Å². The van der Waals surface area contributed by atoms with Crippen LogP contribution in [0.2, 0.25) is 0 Å². The molecule has 5 aromatic rings. The number of nitrogens with two attached hydrogens (primary N) is 2. The van der Waals surface area contributed by atoms with E-state index in [0.29, 0.717) is 0 Å². The van der Waals surface area contributed by atoms with E-state index >= 15 is 0 Å². The highest BCUT2D eigenvalue weighted by molar-refractivity contribution is 5.98. The molecule has 2 heterocycles. The second-order valence-electron chi connectivity index (χ2n) is 7.96. The molecule has 3 aromatic carbocycles. The molecule has 8 nitrogen and oxygen atoms in total. The zero-order valence-electron chi connectivity index (χ0n) is 17.3. The maximum Gasteiger partial charge on any atom is 0.266 e. The van der Waals surface area contributed by atoms with Crippen molar-refractivity contribution in [3.8, 4) is 11.4 Å². The Bertz CT molecular complexity index is 1590. The molecule has 0 fully saturated rings. The minimum Gasteiger partial charge on any atom is -0.397 e. The van der Waals surface area contributed by atoms with Gasteiger partial charge < -0.3 is 11.5 Å². The quantitative estimate of drug-likeness (QED) is 0.413. The molecule has 0 aliphatic carbocycles. The predicted molar refractivity (Wildman–Crippen MR) is 126 cm³/mol. The van der Waals surface area contributed by atoms with Crippen LogP contribution < -0.4 is 33.7 Å². The predicted octanol–water partition coefficient (Wildman–Crippen LogP) is 1.67. The standard InChI is InChI=1S/C24H18N4O4/c1-11-3-5-19(17(25)7-11)27-21(29)13-9-15-16(10-14(13)22(27)30)24(32)28(23(15)31)20-6-4-12(2)8-18(20)26/h3-10H,25-26H2,1-2H3. The van der Waals surface area contributed by atoms with E-state index in [1.165, 1.54) is 12.1 Å². The molecule has 32 heavy (non-hydrogen) atoms. The molecular weight excluding hydrogens is 408 g/mol. The fraction of sp³-hybridized carbons (Fsp3) is 0.0833. The molecule has 0 aliphatic heterocycles. The van der Waals surface area contributed by atoms with Crippen LogP contribution in [0, 0.1) is 13.8 Å². The van der Waals surface area contributed by atoms with E-state index in [1.54, 1.807) is 36.4 Å². The molecule has 0 saturated heterocycles. The Morgan fingerprint density at radius 3 is 1.12 bits per heavy atom.